The lowest BCUT2D eigenvalue weighted by Crippen LogP contribution is -2.47. The summed E-state index contributed by atoms with van der Waals surface area (Å²) in [4.78, 5) is 18.4. The van der Waals surface area contributed by atoms with Crippen molar-refractivity contribution in [3.05, 3.63) is 40.5 Å². The summed E-state index contributed by atoms with van der Waals surface area (Å²) in [5.74, 6) is 3.01. The average Bonchev–Trinajstić information content (AvgIpc) is 2.60. The van der Waals surface area contributed by atoms with Crippen molar-refractivity contribution in [3.8, 4) is 6.07 Å². The molecule has 1 saturated heterocycles. The molecule has 1 aliphatic rings. The highest BCUT2D eigenvalue weighted by atomic mass is 15.3. The fourth-order valence-electron chi connectivity index (χ4n) is 3.33. The number of nitrogens with zero attached hydrogens (tertiary/aromatic N) is 6. The number of nitriles is 1. The lowest BCUT2D eigenvalue weighted by atomic mass is 10.1. The van der Waals surface area contributed by atoms with E-state index in [1.807, 2.05) is 26.8 Å². The molecule has 0 spiro atoms. The van der Waals surface area contributed by atoms with Crippen molar-refractivity contribution in [2.45, 2.75) is 40.5 Å². The third kappa shape index (κ3) is 3.62. The van der Waals surface area contributed by atoms with Crippen LogP contribution in [-0.4, -0.2) is 41.1 Å². The Bertz CT molecular complexity index is 844. The van der Waals surface area contributed by atoms with Gasteiger partial charge in [0.15, 0.2) is 0 Å². The first-order chi connectivity index (χ1) is 12.4. The van der Waals surface area contributed by atoms with E-state index in [0.717, 1.165) is 60.6 Å². The Balaban J connectivity index is 1.80. The summed E-state index contributed by atoms with van der Waals surface area (Å²) in [7, 11) is 0. The zero-order valence-corrected chi connectivity index (χ0v) is 16.2. The molecule has 0 bridgehead atoms. The Kier molecular flexibility index (Phi) is 5.08. The van der Waals surface area contributed by atoms with Crippen LogP contribution in [-0.2, 0) is 0 Å². The van der Waals surface area contributed by atoms with Gasteiger partial charge in [0.1, 0.15) is 23.5 Å². The van der Waals surface area contributed by atoms with Crippen LogP contribution in [0.1, 0.15) is 48.1 Å². The van der Waals surface area contributed by atoms with Gasteiger partial charge in [0.05, 0.1) is 5.56 Å². The van der Waals surface area contributed by atoms with E-state index in [0.29, 0.717) is 11.5 Å². The highest BCUT2D eigenvalue weighted by molar-refractivity contribution is 5.59. The summed E-state index contributed by atoms with van der Waals surface area (Å²) in [6.45, 7) is 13.6. The minimum Gasteiger partial charge on any atom is -0.353 e. The minimum atomic E-state index is 0.313. The van der Waals surface area contributed by atoms with Crippen molar-refractivity contribution < 1.29 is 0 Å². The minimum absolute atomic E-state index is 0.313. The fourth-order valence-corrected chi connectivity index (χ4v) is 3.33. The zero-order valence-electron chi connectivity index (χ0n) is 16.2. The SMILES string of the molecule is Cc1cc(N2CCN(c3nc(C)cc(C)c3C#N)CC2)nc(C(C)C)n1. The first-order valence-corrected chi connectivity index (χ1v) is 9.13. The number of aromatic nitrogens is 3. The van der Waals surface area contributed by atoms with Gasteiger partial charge in [-0.1, -0.05) is 13.8 Å². The van der Waals surface area contributed by atoms with Gasteiger partial charge in [-0.2, -0.15) is 5.26 Å². The van der Waals surface area contributed by atoms with E-state index < -0.39 is 0 Å². The van der Waals surface area contributed by atoms with Gasteiger partial charge in [-0.05, 0) is 32.4 Å². The van der Waals surface area contributed by atoms with Gasteiger partial charge in [-0.25, -0.2) is 15.0 Å². The van der Waals surface area contributed by atoms with Gasteiger partial charge in [0.25, 0.3) is 0 Å². The Morgan fingerprint density at radius 3 is 2.15 bits per heavy atom. The van der Waals surface area contributed by atoms with Gasteiger partial charge in [-0.15, -0.1) is 0 Å². The third-order valence-electron chi connectivity index (χ3n) is 4.71. The summed E-state index contributed by atoms with van der Waals surface area (Å²) >= 11 is 0. The first kappa shape index (κ1) is 18.1. The van der Waals surface area contributed by atoms with Gasteiger partial charge < -0.3 is 9.80 Å². The number of anilines is 2. The van der Waals surface area contributed by atoms with Crippen LogP contribution < -0.4 is 9.80 Å². The van der Waals surface area contributed by atoms with Crippen LogP contribution >= 0.6 is 0 Å². The van der Waals surface area contributed by atoms with Crippen molar-refractivity contribution in [1.29, 1.82) is 5.26 Å². The largest absolute Gasteiger partial charge is 0.353 e. The molecule has 0 unspecified atom stereocenters. The van der Waals surface area contributed by atoms with E-state index in [-0.39, 0.29) is 0 Å². The summed E-state index contributed by atoms with van der Waals surface area (Å²) in [5.41, 5.74) is 3.63. The second-order valence-corrected chi connectivity index (χ2v) is 7.25. The molecule has 136 valence electrons. The quantitative estimate of drug-likeness (QED) is 0.847. The molecule has 3 heterocycles. The van der Waals surface area contributed by atoms with Gasteiger partial charge >= 0.3 is 0 Å². The van der Waals surface area contributed by atoms with Crippen LogP contribution in [0.2, 0.25) is 0 Å². The molecular weight excluding hydrogens is 324 g/mol. The number of rotatable bonds is 3. The Labute approximate surface area is 155 Å². The summed E-state index contributed by atoms with van der Waals surface area (Å²) in [5, 5.41) is 9.52. The van der Waals surface area contributed by atoms with E-state index in [1.165, 1.54) is 0 Å². The maximum atomic E-state index is 9.52. The summed E-state index contributed by atoms with van der Waals surface area (Å²) in [6.07, 6.45) is 0. The van der Waals surface area contributed by atoms with Crippen LogP contribution in [0.5, 0.6) is 0 Å². The van der Waals surface area contributed by atoms with E-state index in [2.05, 4.69) is 45.8 Å². The maximum absolute atomic E-state index is 9.52. The smallest absolute Gasteiger partial charge is 0.147 e. The van der Waals surface area contributed by atoms with Crippen LogP contribution in [0.15, 0.2) is 12.1 Å². The Morgan fingerprint density at radius 1 is 0.923 bits per heavy atom. The van der Waals surface area contributed by atoms with Crippen molar-refractivity contribution >= 4 is 11.6 Å². The van der Waals surface area contributed by atoms with Gasteiger partial charge in [0, 0.05) is 49.6 Å². The highest BCUT2D eigenvalue weighted by Crippen LogP contribution is 2.25. The standard InChI is InChI=1S/C20H26N6/c1-13(2)19-22-16(5)11-18(24-19)25-6-8-26(9-7-25)20-17(12-21)14(3)10-15(4)23-20/h10-11,13H,6-9H2,1-5H3. The molecule has 6 nitrogen and oxygen atoms in total. The lowest BCUT2D eigenvalue weighted by molar-refractivity contribution is 0.634. The van der Waals surface area contributed by atoms with Gasteiger partial charge in [-0.3, -0.25) is 0 Å². The number of pyridine rings is 1. The van der Waals surface area contributed by atoms with E-state index in [1.54, 1.807) is 0 Å². The van der Waals surface area contributed by atoms with Crippen molar-refractivity contribution in [3.63, 3.8) is 0 Å². The lowest BCUT2D eigenvalue weighted by Gasteiger charge is -2.36. The van der Waals surface area contributed by atoms with E-state index >= 15 is 0 Å². The normalized spacial score (nSPS) is 14.7. The number of piperazine rings is 1. The third-order valence-corrected chi connectivity index (χ3v) is 4.71. The molecule has 3 rings (SSSR count). The predicted octanol–water partition coefficient (Wildman–Crippen LogP) is 3.12. The van der Waals surface area contributed by atoms with E-state index in [9.17, 15) is 5.26 Å². The summed E-state index contributed by atoms with van der Waals surface area (Å²) < 4.78 is 0. The average molecular weight is 350 g/mol. The van der Waals surface area contributed by atoms with Crippen LogP contribution in [0.4, 0.5) is 11.6 Å². The monoisotopic (exact) mass is 350 g/mol. The maximum Gasteiger partial charge on any atom is 0.147 e. The molecule has 0 saturated carbocycles. The molecule has 0 atom stereocenters. The van der Waals surface area contributed by atoms with Crippen LogP contribution in [0.3, 0.4) is 0 Å². The number of hydrogen-bond acceptors (Lipinski definition) is 6. The molecule has 0 N–H and O–H groups in total. The van der Waals surface area contributed by atoms with Crippen LogP contribution in [0.25, 0.3) is 0 Å². The van der Waals surface area contributed by atoms with Crippen molar-refractivity contribution in [2.24, 2.45) is 0 Å². The van der Waals surface area contributed by atoms with Crippen LogP contribution in [0, 0.1) is 32.1 Å². The second-order valence-electron chi connectivity index (χ2n) is 7.25. The van der Waals surface area contributed by atoms with Crippen molar-refractivity contribution in [1.82, 2.24) is 15.0 Å². The Morgan fingerprint density at radius 2 is 1.54 bits per heavy atom. The molecule has 0 amide bonds. The topological polar surface area (TPSA) is 68.9 Å². The zero-order chi connectivity index (χ0) is 18.8. The highest BCUT2D eigenvalue weighted by Gasteiger charge is 2.23. The van der Waals surface area contributed by atoms with Gasteiger partial charge in [0.2, 0.25) is 0 Å². The molecule has 0 aromatic carbocycles. The first-order valence-electron chi connectivity index (χ1n) is 9.13. The molecule has 1 fully saturated rings. The van der Waals surface area contributed by atoms with E-state index in [4.69, 9.17) is 4.98 Å². The van der Waals surface area contributed by atoms with Crippen molar-refractivity contribution in [2.75, 3.05) is 36.0 Å². The fraction of sp³-hybridized carbons (Fsp3) is 0.500. The molecule has 1 aliphatic heterocycles. The molecular formula is C20H26N6. The Hall–Kier alpha value is -2.68. The second kappa shape index (κ2) is 7.28. The summed E-state index contributed by atoms with van der Waals surface area (Å²) in [6, 6.07) is 6.34. The number of aryl methyl sites for hydroxylation is 3. The molecule has 2 aromatic heterocycles. The predicted molar refractivity (Wildman–Crippen MR) is 104 cm³/mol. The number of hydrogen-bond donors (Lipinski definition) is 0. The molecule has 0 aliphatic carbocycles. The molecule has 6 heteroatoms. The molecule has 26 heavy (non-hydrogen) atoms. The molecule has 0 radical (unpaired) electrons. The molecule has 2 aromatic rings.